The van der Waals surface area contributed by atoms with Crippen LogP contribution in [0.3, 0.4) is 0 Å². The Kier molecular flexibility index (Phi) is 2.90. The lowest BCUT2D eigenvalue weighted by Gasteiger charge is -2.06. The molecule has 1 radical (unpaired) electrons. The Labute approximate surface area is 94.1 Å². The average molecular weight is 216 g/mol. The van der Waals surface area contributed by atoms with E-state index in [4.69, 9.17) is 0 Å². The number of hydrogen-bond acceptors (Lipinski definition) is 2. The third-order valence-corrected chi connectivity index (χ3v) is 2.68. The molecule has 1 aromatic carbocycles. The zero-order valence-electron chi connectivity index (χ0n) is 9.42. The first kappa shape index (κ1) is 10.7. The summed E-state index contributed by atoms with van der Waals surface area (Å²) >= 11 is 0. The number of benzene rings is 1. The van der Waals surface area contributed by atoms with E-state index in [2.05, 4.69) is 11.2 Å². The van der Waals surface area contributed by atoms with E-state index in [1.165, 1.54) is 4.68 Å². The molecule has 0 amide bonds. The van der Waals surface area contributed by atoms with Crippen LogP contribution in [0.1, 0.15) is 26.3 Å². The number of rotatable bonds is 3. The minimum Gasteiger partial charge on any atom is -0.250 e. The largest absolute Gasteiger partial charge is 0.350 e. The van der Waals surface area contributed by atoms with Gasteiger partial charge < -0.3 is 0 Å². The van der Waals surface area contributed by atoms with Crippen LogP contribution in [-0.4, -0.2) is 14.3 Å². The van der Waals surface area contributed by atoms with E-state index < -0.39 is 0 Å². The topological polar surface area (TPSA) is 39.8 Å². The van der Waals surface area contributed by atoms with Crippen molar-refractivity contribution in [1.29, 1.82) is 0 Å². The molecule has 0 fully saturated rings. The first-order valence-electron chi connectivity index (χ1n) is 5.36. The molecule has 83 valence electrons. The van der Waals surface area contributed by atoms with Gasteiger partial charge in [0.15, 0.2) is 0 Å². The van der Waals surface area contributed by atoms with Crippen LogP contribution in [0.5, 0.6) is 0 Å². The van der Waals surface area contributed by atoms with Gasteiger partial charge in [0.2, 0.25) is 0 Å². The van der Waals surface area contributed by atoms with Gasteiger partial charge >= 0.3 is 5.69 Å². The second kappa shape index (κ2) is 4.35. The molecule has 16 heavy (non-hydrogen) atoms. The first-order valence-corrected chi connectivity index (χ1v) is 5.36. The molecular weight excluding hydrogens is 202 g/mol. The van der Waals surface area contributed by atoms with Crippen molar-refractivity contribution in [2.45, 2.75) is 26.3 Å². The van der Waals surface area contributed by atoms with E-state index in [1.54, 1.807) is 23.0 Å². The highest BCUT2D eigenvalue weighted by Crippen LogP contribution is 2.07. The van der Waals surface area contributed by atoms with Gasteiger partial charge in [-0.25, -0.2) is 14.0 Å². The molecular formula is C12H14N3O. The lowest BCUT2D eigenvalue weighted by atomic mass is 10.3. The highest BCUT2D eigenvalue weighted by atomic mass is 16.2. The van der Waals surface area contributed by atoms with Crippen molar-refractivity contribution in [3.8, 4) is 5.69 Å². The predicted octanol–water partition coefficient (Wildman–Crippen LogP) is 1.81. The van der Waals surface area contributed by atoms with Crippen LogP contribution in [0.2, 0.25) is 0 Å². The lowest BCUT2D eigenvalue weighted by Crippen LogP contribution is -2.26. The molecule has 0 spiro atoms. The molecule has 4 nitrogen and oxygen atoms in total. The maximum atomic E-state index is 12.0. The fourth-order valence-electron chi connectivity index (χ4n) is 1.51. The molecule has 1 aromatic heterocycles. The summed E-state index contributed by atoms with van der Waals surface area (Å²) in [5.41, 5.74) is 0.721. The van der Waals surface area contributed by atoms with Crippen molar-refractivity contribution >= 4 is 0 Å². The van der Waals surface area contributed by atoms with Gasteiger partial charge in [0.05, 0.1) is 11.7 Å². The highest BCUT2D eigenvalue weighted by Gasteiger charge is 2.10. The Hall–Kier alpha value is -1.84. The molecule has 0 aliphatic carbocycles. The second-order valence-electron chi connectivity index (χ2n) is 3.74. The standard InChI is InChI=1S/C12H14N3O/c1-3-10(2)15-12(16)14(9-13-15)11-7-5-4-6-8-11/h5-10H,3H2,1-2H3. The lowest BCUT2D eigenvalue weighted by molar-refractivity contribution is 0.460. The third-order valence-electron chi connectivity index (χ3n) is 2.68. The van der Waals surface area contributed by atoms with Crippen molar-refractivity contribution in [2.24, 2.45) is 0 Å². The Bertz CT molecular complexity index is 513. The molecule has 0 saturated carbocycles. The summed E-state index contributed by atoms with van der Waals surface area (Å²) in [5, 5.41) is 4.12. The van der Waals surface area contributed by atoms with Gasteiger partial charge in [-0.05, 0) is 31.5 Å². The van der Waals surface area contributed by atoms with Gasteiger partial charge in [-0.3, -0.25) is 0 Å². The number of aromatic nitrogens is 3. The molecule has 0 N–H and O–H groups in total. The molecule has 1 heterocycles. The van der Waals surface area contributed by atoms with E-state index in [9.17, 15) is 4.79 Å². The molecule has 2 aromatic rings. The van der Waals surface area contributed by atoms with Gasteiger partial charge in [-0.1, -0.05) is 19.1 Å². The summed E-state index contributed by atoms with van der Waals surface area (Å²) in [7, 11) is 0. The van der Waals surface area contributed by atoms with Crippen LogP contribution >= 0.6 is 0 Å². The quantitative estimate of drug-likeness (QED) is 0.785. The first-order chi connectivity index (χ1) is 7.74. The minimum atomic E-state index is -0.0967. The molecule has 2 rings (SSSR count). The van der Waals surface area contributed by atoms with E-state index >= 15 is 0 Å². The van der Waals surface area contributed by atoms with Gasteiger partial charge in [0.25, 0.3) is 0 Å². The van der Waals surface area contributed by atoms with Gasteiger partial charge in [-0.2, -0.15) is 5.10 Å². The third kappa shape index (κ3) is 1.78. The minimum absolute atomic E-state index is 0.0967. The molecule has 0 aliphatic heterocycles. The van der Waals surface area contributed by atoms with E-state index in [1.807, 2.05) is 26.0 Å². The van der Waals surface area contributed by atoms with Crippen LogP contribution in [0.4, 0.5) is 0 Å². The van der Waals surface area contributed by atoms with Gasteiger partial charge in [0.1, 0.15) is 6.33 Å². The Morgan fingerprint density at radius 3 is 2.75 bits per heavy atom. The van der Waals surface area contributed by atoms with E-state index in [0.717, 1.165) is 12.1 Å². The fourth-order valence-corrected chi connectivity index (χ4v) is 1.51. The maximum Gasteiger partial charge on any atom is 0.350 e. The van der Waals surface area contributed by atoms with Crippen LogP contribution < -0.4 is 5.69 Å². The molecule has 1 unspecified atom stereocenters. The van der Waals surface area contributed by atoms with Gasteiger partial charge in [-0.15, -0.1) is 0 Å². The van der Waals surface area contributed by atoms with Crippen molar-refractivity contribution in [1.82, 2.24) is 14.3 Å². The summed E-state index contributed by atoms with van der Waals surface area (Å²) in [6.45, 7) is 4.02. The van der Waals surface area contributed by atoms with E-state index in [0.29, 0.717) is 0 Å². The SMILES string of the molecule is CCC(C)n1ncn(-c2cc[c]cc2)c1=O. The Morgan fingerprint density at radius 2 is 2.12 bits per heavy atom. The fraction of sp³-hybridized carbons (Fsp3) is 0.333. The molecule has 0 saturated heterocycles. The number of hydrogen-bond donors (Lipinski definition) is 0. The Morgan fingerprint density at radius 1 is 1.44 bits per heavy atom. The van der Waals surface area contributed by atoms with E-state index in [-0.39, 0.29) is 11.7 Å². The van der Waals surface area contributed by atoms with Crippen molar-refractivity contribution in [3.63, 3.8) is 0 Å². The molecule has 0 aliphatic rings. The van der Waals surface area contributed by atoms with Crippen molar-refractivity contribution in [2.75, 3.05) is 0 Å². The van der Waals surface area contributed by atoms with Crippen LogP contribution in [0.15, 0.2) is 35.4 Å². The smallest absolute Gasteiger partial charge is 0.250 e. The maximum absolute atomic E-state index is 12.0. The molecule has 4 heteroatoms. The summed E-state index contributed by atoms with van der Waals surface area (Å²) in [6, 6.07) is 10.3. The summed E-state index contributed by atoms with van der Waals surface area (Å²) in [6.07, 6.45) is 2.45. The summed E-state index contributed by atoms with van der Waals surface area (Å²) in [4.78, 5) is 12.0. The zero-order chi connectivity index (χ0) is 11.5. The monoisotopic (exact) mass is 216 g/mol. The zero-order valence-corrected chi connectivity index (χ0v) is 9.42. The van der Waals surface area contributed by atoms with Crippen LogP contribution in [0, 0.1) is 6.07 Å². The number of nitrogens with zero attached hydrogens (tertiary/aromatic N) is 3. The molecule has 0 bridgehead atoms. The van der Waals surface area contributed by atoms with Crippen molar-refractivity contribution in [3.05, 3.63) is 47.1 Å². The predicted molar refractivity (Wildman–Crippen MR) is 61.7 cm³/mol. The van der Waals surface area contributed by atoms with Crippen LogP contribution in [-0.2, 0) is 0 Å². The van der Waals surface area contributed by atoms with Crippen molar-refractivity contribution < 1.29 is 0 Å². The highest BCUT2D eigenvalue weighted by molar-refractivity contribution is 5.29. The van der Waals surface area contributed by atoms with Gasteiger partial charge in [0, 0.05) is 0 Å². The second-order valence-corrected chi connectivity index (χ2v) is 3.74. The summed E-state index contributed by atoms with van der Waals surface area (Å²) in [5.74, 6) is 0. The average Bonchev–Trinajstić information content (AvgIpc) is 2.71. The summed E-state index contributed by atoms with van der Waals surface area (Å²) < 4.78 is 3.05. The Balaban J connectivity index is 2.46. The normalized spacial score (nSPS) is 12.6. The van der Waals surface area contributed by atoms with Crippen LogP contribution in [0.25, 0.3) is 5.69 Å². The molecule has 1 atom stereocenters.